The summed E-state index contributed by atoms with van der Waals surface area (Å²) < 4.78 is 5.33. The molecule has 1 aromatic heterocycles. The monoisotopic (exact) mass is 259 g/mol. The van der Waals surface area contributed by atoms with Crippen LogP contribution in [-0.4, -0.2) is 56.6 Å². The maximum absolute atomic E-state index is 9.36. The van der Waals surface area contributed by atoms with Gasteiger partial charge in [0.15, 0.2) is 5.82 Å². The van der Waals surface area contributed by atoms with Crippen molar-refractivity contribution in [3.63, 3.8) is 0 Å². The van der Waals surface area contributed by atoms with Gasteiger partial charge in [-0.15, -0.1) is 0 Å². The van der Waals surface area contributed by atoms with E-state index in [1.54, 1.807) is 12.5 Å². The molecule has 1 fully saturated rings. The SMILES string of the molecule is CN(C)C=Nc1nccc(N2CCOCC2)c1C#N. The van der Waals surface area contributed by atoms with Crippen molar-refractivity contribution in [2.45, 2.75) is 0 Å². The van der Waals surface area contributed by atoms with Gasteiger partial charge in [-0.1, -0.05) is 0 Å². The number of rotatable bonds is 3. The molecule has 100 valence electrons. The van der Waals surface area contributed by atoms with Crippen molar-refractivity contribution in [1.82, 2.24) is 9.88 Å². The Labute approximate surface area is 112 Å². The molecule has 0 radical (unpaired) electrons. The Kier molecular flexibility index (Phi) is 4.31. The first-order chi connectivity index (χ1) is 9.22. The van der Waals surface area contributed by atoms with Gasteiger partial charge in [0.25, 0.3) is 0 Å². The van der Waals surface area contributed by atoms with E-state index in [9.17, 15) is 5.26 Å². The van der Waals surface area contributed by atoms with Gasteiger partial charge >= 0.3 is 0 Å². The van der Waals surface area contributed by atoms with E-state index in [2.05, 4.69) is 20.9 Å². The van der Waals surface area contributed by atoms with Crippen molar-refractivity contribution >= 4 is 17.8 Å². The van der Waals surface area contributed by atoms with Crippen LogP contribution in [0.2, 0.25) is 0 Å². The van der Waals surface area contributed by atoms with Crippen LogP contribution in [-0.2, 0) is 4.74 Å². The van der Waals surface area contributed by atoms with Crippen LogP contribution in [0.3, 0.4) is 0 Å². The number of ether oxygens (including phenoxy) is 1. The number of hydrogen-bond acceptors (Lipinski definition) is 5. The number of aliphatic imine (C=N–C) groups is 1. The summed E-state index contributed by atoms with van der Waals surface area (Å²) in [5, 5.41) is 9.36. The molecular formula is C13H17N5O. The number of nitriles is 1. The molecule has 0 N–H and O–H groups in total. The maximum Gasteiger partial charge on any atom is 0.173 e. The fourth-order valence-electron chi connectivity index (χ4n) is 1.88. The summed E-state index contributed by atoms with van der Waals surface area (Å²) in [5.74, 6) is 0.459. The first-order valence-electron chi connectivity index (χ1n) is 6.15. The number of pyridine rings is 1. The summed E-state index contributed by atoms with van der Waals surface area (Å²) in [4.78, 5) is 12.4. The lowest BCUT2D eigenvalue weighted by Gasteiger charge is -2.29. The highest BCUT2D eigenvalue weighted by molar-refractivity contribution is 5.70. The van der Waals surface area contributed by atoms with Gasteiger partial charge in [-0.05, 0) is 6.07 Å². The van der Waals surface area contributed by atoms with Gasteiger partial charge in [0.05, 0.1) is 25.2 Å². The van der Waals surface area contributed by atoms with E-state index >= 15 is 0 Å². The summed E-state index contributed by atoms with van der Waals surface area (Å²) in [6, 6.07) is 4.07. The first-order valence-corrected chi connectivity index (χ1v) is 6.15. The molecule has 0 saturated carbocycles. The minimum absolute atomic E-state index is 0.459. The first kappa shape index (κ1) is 13.3. The largest absolute Gasteiger partial charge is 0.378 e. The van der Waals surface area contributed by atoms with Crippen molar-refractivity contribution in [3.05, 3.63) is 17.8 Å². The second kappa shape index (κ2) is 6.16. The molecule has 0 unspecified atom stereocenters. The van der Waals surface area contributed by atoms with E-state index < -0.39 is 0 Å². The van der Waals surface area contributed by atoms with Crippen LogP contribution >= 0.6 is 0 Å². The quantitative estimate of drug-likeness (QED) is 0.599. The van der Waals surface area contributed by atoms with E-state index in [1.807, 2.05) is 25.1 Å². The lowest BCUT2D eigenvalue weighted by molar-refractivity contribution is 0.122. The average molecular weight is 259 g/mol. The van der Waals surface area contributed by atoms with Gasteiger partial charge < -0.3 is 14.5 Å². The zero-order valence-electron chi connectivity index (χ0n) is 11.2. The Morgan fingerprint density at radius 2 is 2.21 bits per heavy atom. The summed E-state index contributed by atoms with van der Waals surface area (Å²) in [6.07, 6.45) is 3.33. The zero-order chi connectivity index (χ0) is 13.7. The van der Waals surface area contributed by atoms with E-state index in [4.69, 9.17) is 4.74 Å². The zero-order valence-corrected chi connectivity index (χ0v) is 11.2. The fourth-order valence-corrected chi connectivity index (χ4v) is 1.88. The third kappa shape index (κ3) is 3.20. The third-order valence-electron chi connectivity index (χ3n) is 2.78. The predicted molar refractivity (Wildman–Crippen MR) is 73.8 cm³/mol. The molecule has 2 rings (SSSR count). The Morgan fingerprint density at radius 1 is 1.47 bits per heavy atom. The molecule has 1 aliphatic heterocycles. The summed E-state index contributed by atoms with van der Waals surface area (Å²) in [5.41, 5.74) is 1.40. The van der Waals surface area contributed by atoms with E-state index in [0.717, 1.165) is 18.8 Å². The Morgan fingerprint density at radius 3 is 2.84 bits per heavy atom. The van der Waals surface area contributed by atoms with Crippen molar-refractivity contribution in [2.24, 2.45) is 4.99 Å². The molecule has 0 amide bonds. The number of morpholine rings is 1. The molecule has 0 aromatic carbocycles. The van der Waals surface area contributed by atoms with E-state index in [1.165, 1.54) is 0 Å². The molecule has 0 bridgehead atoms. The van der Waals surface area contributed by atoms with Gasteiger partial charge in [-0.3, -0.25) is 0 Å². The van der Waals surface area contributed by atoms with Crippen LogP contribution in [0.4, 0.5) is 11.5 Å². The van der Waals surface area contributed by atoms with Gasteiger partial charge in [0.2, 0.25) is 0 Å². The lowest BCUT2D eigenvalue weighted by atomic mass is 10.2. The second-order valence-corrected chi connectivity index (χ2v) is 4.45. The molecule has 1 aliphatic rings. The Bertz CT molecular complexity index is 500. The van der Waals surface area contributed by atoms with Crippen LogP contribution < -0.4 is 4.90 Å². The van der Waals surface area contributed by atoms with Gasteiger partial charge in [-0.25, -0.2) is 9.98 Å². The Hall–Kier alpha value is -2.13. The lowest BCUT2D eigenvalue weighted by Crippen LogP contribution is -2.36. The molecule has 0 spiro atoms. The van der Waals surface area contributed by atoms with Gasteiger partial charge in [0.1, 0.15) is 11.6 Å². The second-order valence-electron chi connectivity index (χ2n) is 4.45. The molecule has 1 aromatic rings. The summed E-state index contributed by atoms with van der Waals surface area (Å²) >= 11 is 0. The molecule has 0 atom stereocenters. The normalized spacial score (nSPS) is 15.5. The number of aromatic nitrogens is 1. The molecular weight excluding hydrogens is 242 g/mol. The smallest absolute Gasteiger partial charge is 0.173 e. The third-order valence-corrected chi connectivity index (χ3v) is 2.78. The molecule has 6 heteroatoms. The standard InChI is InChI=1S/C13H17N5O/c1-17(2)10-16-13-11(9-14)12(3-4-15-13)18-5-7-19-8-6-18/h3-4,10H,5-8H2,1-2H3. The van der Waals surface area contributed by atoms with Crippen LogP contribution in [0.15, 0.2) is 17.3 Å². The maximum atomic E-state index is 9.36. The van der Waals surface area contributed by atoms with Crippen molar-refractivity contribution in [2.75, 3.05) is 45.3 Å². The molecule has 2 heterocycles. The van der Waals surface area contributed by atoms with Crippen LogP contribution in [0.25, 0.3) is 0 Å². The minimum Gasteiger partial charge on any atom is -0.378 e. The minimum atomic E-state index is 0.459. The van der Waals surface area contributed by atoms with Crippen LogP contribution in [0.5, 0.6) is 0 Å². The van der Waals surface area contributed by atoms with Gasteiger partial charge in [-0.2, -0.15) is 5.26 Å². The topological polar surface area (TPSA) is 64.8 Å². The number of anilines is 1. The van der Waals surface area contributed by atoms with Crippen LogP contribution in [0.1, 0.15) is 5.56 Å². The van der Waals surface area contributed by atoms with Crippen LogP contribution in [0, 0.1) is 11.3 Å². The summed E-state index contributed by atoms with van der Waals surface area (Å²) in [7, 11) is 3.75. The average Bonchev–Trinajstić information content (AvgIpc) is 2.45. The number of nitrogens with zero attached hydrogens (tertiary/aromatic N) is 5. The predicted octanol–water partition coefficient (Wildman–Crippen LogP) is 1.01. The van der Waals surface area contributed by atoms with Crippen molar-refractivity contribution in [3.8, 4) is 6.07 Å². The number of hydrogen-bond donors (Lipinski definition) is 0. The Balaban J connectivity index is 2.33. The van der Waals surface area contributed by atoms with E-state index in [-0.39, 0.29) is 0 Å². The van der Waals surface area contributed by atoms with Crippen molar-refractivity contribution in [1.29, 1.82) is 5.26 Å². The fraction of sp³-hybridized carbons (Fsp3) is 0.462. The van der Waals surface area contributed by atoms with Gasteiger partial charge in [0, 0.05) is 33.4 Å². The molecule has 0 aliphatic carbocycles. The summed E-state index contributed by atoms with van der Waals surface area (Å²) in [6.45, 7) is 2.94. The highest BCUT2D eigenvalue weighted by atomic mass is 16.5. The molecule has 19 heavy (non-hydrogen) atoms. The highest BCUT2D eigenvalue weighted by Crippen LogP contribution is 2.27. The van der Waals surface area contributed by atoms with E-state index in [0.29, 0.717) is 24.6 Å². The molecule has 6 nitrogen and oxygen atoms in total. The van der Waals surface area contributed by atoms with Crippen molar-refractivity contribution < 1.29 is 4.74 Å². The highest BCUT2D eigenvalue weighted by Gasteiger charge is 2.17. The molecule has 1 saturated heterocycles.